The van der Waals surface area contributed by atoms with Crippen LogP contribution >= 0.6 is 23.2 Å². The van der Waals surface area contributed by atoms with Gasteiger partial charge in [-0.3, -0.25) is 9.59 Å². The van der Waals surface area contributed by atoms with Crippen LogP contribution in [0.3, 0.4) is 0 Å². The lowest BCUT2D eigenvalue weighted by molar-refractivity contribution is -0.120. The van der Waals surface area contributed by atoms with Gasteiger partial charge in [-0.25, -0.2) is 0 Å². The van der Waals surface area contributed by atoms with Gasteiger partial charge in [-0.2, -0.15) is 0 Å². The van der Waals surface area contributed by atoms with Crippen molar-refractivity contribution >= 4 is 35.0 Å². The largest absolute Gasteiger partial charge is 0.354 e. The van der Waals surface area contributed by atoms with Gasteiger partial charge in [0.2, 0.25) is 5.91 Å². The Morgan fingerprint density at radius 3 is 2.22 bits per heavy atom. The number of hydrogen-bond acceptors (Lipinski definition) is 2. The van der Waals surface area contributed by atoms with E-state index in [2.05, 4.69) is 10.6 Å². The molecular weight excluding hydrogens is 335 g/mol. The second-order valence-electron chi connectivity index (χ2n) is 4.89. The second-order valence-corrected chi connectivity index (χ2v) is 5.73. The molecule has 0 spiro atoms. The molecule has 0 aliphatic heterocycles. The topological polar surface area (TPSA) is 58.2 Å². The van der Waals surface area contributed by atoms with Crippen LogP contribution in [0.2, 0.25) is 10.0 Å². The zero-order chi connectivity index (χ0) is 16.7. The van der Waals surface area contributed by atoms with Crippen molar-refractivity contribution in [1.29, 1.82) is 0 Å². The van der Waals surface area contributed by atoms with Crippen molar-refractivity contribution in [3.63, 3.8) is 0 Å². The summed E-state index contributed by atoms with van der Waals surface area (Å²) in [7, 11) is 0. The smallest absolute Gasteiger partial charge is 0.252 e. The molecule has 2 rings (SSSR count). The molecule has 4 nitrogen and oxygen atoms in total. The molecule has 0 fully saturated rings. The summed E-state index contributed by atoms with van der Waals surface area (Å²) >= 11 is 11.7. The average molecular weight is 351 g/mol. The molecule has 0 saturated heterocycles. The highest BCUT2D eigenvalue weighted by atomic mass is 35.5. The third kappa shape index (κ3) is 5.58. The number of hydrogen-bond donors (Lipinski definition) is 2. The molecule has 0 bridgehead atoms. The normalized spacial score (nSPS) is 10.2. The minimum absolute atomic E-state index is 0.112. The monoisotopic (exact) mass is 350 g/mol. The van der Waals surface area contributed by atoms with Crippen molar-refractivity contribution in [2.24, 2.45) is 0 Å². The van der Waals surface area contributed by atoms with Crippen LogP contribution in [0.25, 0.3) is 0 Å². The standard InChI is InChI=1S/C17H16Cl2N2O2/c18-13-7-5-12(6-8-13)11-16(22)20-9-10-21-17(23)14-3-1-2-4-15(14)19/h1-8H,9-11H2,(H,20,22)(H,21,23). The van der Waals surface area contributed by atoms with Gasteiger partial charge in [0.05, 0.1) is 17.0 Å². The first-order chi connectivity index (χ1) is 11.1. The van der Waals surface area contributed by atoms with Crippen molar-refractivity contribution in [1.82, 2.24) is 10.6 Å². The van der Waals surface area contributed by atoms with E-state index >= 15 is 0 Å². The van der Waals surface area contributed by atoms with Crippen LogP contribution in [0.5, 0.6) is 0 Å². The summed E-state index contributed by atoms with van der Waals surface area (Å²) in [4.78, 5) is 23.7. The predicted octanol–water partition coefficient (Wildman–Crippen LogP) is 3.08. The van der Waals surface area contributed by atoms with Crippen molar-refractivity contribution < 1.29 is 9.59 Å². The van der Waals surface area contributed by atoms with Crippen LogP contribution < -0.4 is 10.6 Å². The molecule has 2 N–H and O–H groups in total. The minimum Gasteiger partial charge on any atom is -0.354 e. The second kappa shape index (κ2) is 8.56. The molecule has 0 aromatic heterocycles. The minimum atomic E-state index is -0.262. The predicted molar refractivity (Wildman–Crippen MR) is 92.0 cm³/mol. The molecule has 2 aromatic rings. The molecule has 0 radical (unpaired) electrons. The van der Waals surface area contributed by atoms with Crippen LogP contribution in [0.1, 0.15) is 15.9 Å². The first-order valence-electron chi connectivity index (χ1n) is 7.10. The van der Waals surface area contributed by atoms with Crippen LogP contribution in [0.4, 0.5) is 0 Å². The van der Waals surface area contributed by atoms with Gasteiger partial charge < -0.3 is 10.6 Å². The van der Waals surface area contributed by atoms with E-state index in [0.29, 0.717) is 28.7 Å². The Kier molecular flexibility index (Phi) is 6.44. The first-order valence-corrected chi connectivity index (χ1v) is 7.86. The van der Waals surface area contributed by atoms with Gasteiger partial charge in [0.25, 0.3) is 5.91 Å². The third-order valence-corrected chi connectivity index (χ3v) is 3.71. The fourth-order valence-electron chi connectivity index (χ4n) is 1.97. The van der Waals surface area contributed by atoms with Gasteiger partial charge in [0.1, 0.15) is 0 Å². The summed E-state index contributed by atoms with van der Waals surface area (Å²) in [6.45, 7) is 0.680. The number of amides is 2. The number of rotatable bonds is 6. The Bertz CT molecular complexity index is 687. The van der Waals surface area contributed by atoms with Gasteiger partial charge in [0, 0.05) is 18.1 Å². The third-order valence-electron chi connectivity index (χ3n) is 3.13. The molecule has 0 saturated carbocycles. The zero-order valence-electron chi connectivity index (χ0n) is 12.3. The number of nitrogens with one attached hydrogen (secondary N) is 2. The molecule has 0 atom stereocenters. The molecule has 0 aliphatic carbocycles. The SMILES string of the molecule is O=C(Cc1ccc(Cl)cc1)NCCNC(=O)c1ccccc1Cl. The van der Waals surface area contributed by atoms with Gasteiger partial charge in [-0.1, -0.05) is 47.5 Å². The van der Waals surface area contributed by atoms with Crippen molar-refractivity contribution in [2.45, 2.75) is 6.42 Å². The summed E-state index contributed by atoms with van der Waals surface area (Å²) in [6, 6.07) is 13.9. The summed E-state index contributed by atoms with van der Waals surface area (Å²) < 4.78 is 0. The highest BCUT2D eigenvalue weighted by Gasteiger charge is 2.08. The van der Waals surface area contributed by atoms with Crippen molar-refractivity contribution in [3.8, 4) is 0 Å². The van der Waals surface area contributed by atoms with E-state index in [1.807, 2.05) is 0 Å². The quantitative estimate of drug-likeness (QED) is 0.786. The lowest BCUT2D eigenvalue weighted by atomic mass is 10.1. The summed E-state index contributed by atoms with van der Waals surface area (Å²) in [6.07, 6.45) is 0.273. The Morgan fingerprint density at radius 2 is 1.52 bits per heavy atom. The first kappa shape index (κ1) is 17.3. The molecule has 2 aromatic carbocycles. The van der Waals surface area contributed by atoms with E-state index in [4.69, 9.17) is 23.2 Å². The van der Waals surface area contributed by atoms with Crippen LogP contribution in [-0.4, -0.2) is 24.9 Å². The maximum absolute atomic E-state index is 11.9. The Balaban J connectivity index is 1.71. The Morgan fingerprint density at radius 1 is 0.870 bits per heavy atom. The molecule has 0 unspecified atom stereocenters. The highest BCUT2D eigenvalue weighted by molar-refractivity contribution is 6.33. The van der Waals surface area contributed by atoms with Crippen LogP contribution in [0.15, 0.2) is 48.5 Å². The summed E-state index contributed by atoms with van der Waals surface area (Å²) in [5.41, 5.74) is 1.30. The maximum atomic E-state index is 11.9. The molecule has 2 amide bonds. The van der Waals surface area contributed by atoms with E-state index in [1.165, 1.54) is 0 Å². The lowest BCUT2D eigenvalue weighted by Crippen LogP contribution is -2.35. The van der Waals surface area contributed by atoms with Crippen LogP contribution in [0, 0.1) is 0 Å². The number of carbonyl (C=O) groups is 2. The van der Waals surface area contributed by atoms with E-state index in [-0.39, 0.29) is 18.2 Å². The molecule has 0 heterocycles. The molecule has 0 aliphatic rings. The van der Waals surface area contributed by atoms with E-state index < -0.39 is 0 Å². The molecular formula is C17H16Cl2N2O2. The molecule has 6 heteroatoms. The van der Waals surface area contributed by atoms with Crippen LogP contribution in [-0.2, 0) is 11.2 Å². The molecule has 120 valence electrons. The van der Waals surface area contributed by atoms with Gasteiger partial charge in [-0.05, 0) is 29.8 Å². The number of benzene rings is 2. The lowest BCUT2D eigenvalue weighted by Gasteiger charge is -2.08. The Labute approximate surface area is 144 Å². The highest BCUT2D eigenvalue weighted by Crippen LogP contribution is 2.14. The van der Waals surface area contributed by atoms with Gasteiger partial charge in [-0.15, -0.1) is 0 Å². The average Bonchev–Trinajstić information content (AvgIpc) is 2.54. The fraction of sp³-hybridized carbons (Fsp3) is 0.176. The number of halogens is 2. The van der Waals surface area contributed by atoms with E-state index in [1.54, 1.807) is 48.5 Å². The van der Waals surface area contributed by atoms with Gasteiger partial charge >= 0.3 is 0 Å². The van der Waals surface area contributed by atoms with E-state index in [9.17, 15) is 9.59 Å². The summed E-state index contributed by atoms with van der Waals surface area (Å²) in [5.74, 6) is -0.373. The molecule has 23 heavy (non-hydrogen) atoms. The van der Waals surface area contributed by atoms with Gasteiger partial charge in [0.15, 0.2) is 0 Å². The van der Waals surface area contributed by atoms with Crippen molar-refractivity contribution in [2.75, 3.05) is 13.1 Å². The number of carbonyl (C=O) groups excluding carboxylic acids is 2. The Hall–Kier alpha value is -2.04. The zero-order valence-corrected chi connectivity index (χ0v) is 13.8. The summed E-state index contributed by atoms with van der Waals surface area (Å²) in [5, 5.41) is 6.49. The fourth-order valence-corrected chi connectivity index (χ4v) is 2.32. The van der Waals surface area contributed by atoms with Crippen molar-refractivity contribution in [3.05, 3.63) is 69.7 Å². The maximum Gasteiger partial charge on any atom is 0.252 e. The van der Waals surface area contributed by atoms with E-state index in [0.717, 1.165) is 5.56 Å².